The van der Waals surface area contributed by atoms with Crippen molar-refractivity contribution in [3.8, 4) is 10.4 Å². The summed E-state index contributed by atoms with van der Waals surface area (Å²) in [6.45, 7) is 7.96. The molecule has 1 aliphatic heterocycles. The molecule has 2 aromatic heterocycles. The minimum atomic E-state index is -2.67. The number of aromatic nitrogens is 2. The van der Waals surface area contributed by atoms with Gasteiger partial charge >= 0.3 is 0 Å². The molecule has 2 amide bonds. The molecule has 1 saturated heterocycles. The van der Waals surface area contributed by atoms with Gasteiger partial charge in [0, 0.05) is 42.5 Å². The Bertz CT molecular complexity index is 1080. The molecule has 8 nitrogen and oxygen atoms in total. The SMILES string of the molecule is CC1CCCCN1C=O.Cc1nc(C(=O)NCC(C)(C)O)sc1-c1cnc(NC2CCCC2)cc1C(F)F. The van der Waals surface area contributed by atoms with E-state index in [9.17, 15) is 23.5 Å². The molecule has 38 heavy (non-hydrogen) atoms. The highest BCUT2D eigenvalue weighted by atomic mass is 32.1. The van der Waals surface area contributed by atoms with Crippen molar-refractivity contribution >= 4 is 29.5 Å². The van der Waals surface area contributed by atoms with E-state index in [1.807, 2.05) is 4.90 Å². The van der Waals surface area contributed by atoms with Crippen LogP contribution >= 0.6 is 11.3 Å². The minimum Gasteiger partial charge on any atom is -0.389 e. The summed E-state index contributed by atoms with van der Waals surface area (Å²) in [6.07, 6.45) is 7.67. The van der Waals surface area contributed by atoms with E-state index in [1.54, 1.807) is 20.8 Å². The van der Waals surface area contributed by atoms with Crippen molar-refractivity contribution in [2.45, 2.75) is 96.8 Å². The van der Waals surface area contributed by atoms with Gasteiger partial charge in [0.2, 0.25) is 6.41 Å². The van der Waals surface area contributed by atoms with E-state index in [4.69, 9.17) is 0 Å². The van der Waals surface area contributed by atoms with Gasteiger partial charge in [0.05, 0.1) is 16.2 Å². The number of aliphatic hydroxyl groups is 1. The number of anilines is 1. The van der Waals surface area contributed by atoms with Crippen molar-refractivity contribution in [3.05, 3.63) is 28.5 Å². The number of nitrogens with one attached hydrogen (secondary N) is 2. The van der Waals surface area contributed by atoms with Gasteiger partial charge in [-0.2, -0.15) is 0 Å². The zero-order chi connectivity index (χ0) is 27.9. The monoisotopic (exact) mass is 551 g/mol. The predicted molar refractivity (Wildman–Crippen MR) is 146 cm³/mol. The van der Waals surface area contributed by atoms with Gasteiger partial charge in [-0.05, 0) is 65.9 Å². The number of piperidine rings is 1. The van der Waals surface area contributed by atoms with Crippen LogP contribution in [0.15, 0.2) is 12.3 Å². The maximum atomic E-state index is 13.8. The van der Waals surface area contributed by atoms with E-state index in [-0.39, 0.29) is 28.7 Å². The summed E-state index contributed by atoms with van der Waals surface area (Å²) < 4.78 is 27.6. The summed E-state index contributed by atoms with van der Waals surface area (Å²) in [5.74, 6) is -0.00110. The smallest absolute Gasteiger partial charge is 0.280 e. The van der Waals surface area contributed by atoms with Crippen LogP contribution in [0.5, 0.6) is 0 Å². The Balaban J connectivity index is 0.000000375. The summed E-state index contributed by atoms with van der Waals surface area (Å²) in [6, 6.07) is 2.15. The van der Waals surface area contributed by atoms with E-state index >= 15 is 0 Å². The summed E-state index contributed by atoms with van der Waals surface area (Å²) in [5.41, 5.74) is -0.410. The lowest BCUT2D eigenvalue weighted by Gasteiger charge is -2.29. The lowest BCUT2D eigenvalue weighted by Crippen LogP contribution is -2.38. The van der Waals surface area contributed by atoms with E-state index in [1.165, 1.54) is 31.5 Å². The largest absolute Gasteiger partial charge is 0.389 e. The highest BCUT2D eigenvalue weighted by molar-refractivity contribution is 7.17. The van der Waals surface area contributed by atoms with E-state index in [0.29, 0.717) is 22.4 Å². The molecule has 4 rings (SSSR count). The van der Waals surface area contributed by atoms with Crippen LogP contribution in [-0.2, 0) is 4.79 Å². The fraction of sp³-hybridized carbons (Fsp3) is 0.630. The predicted octanol–water partition coefficient (Wildman–Crippen LogP) is 5.32. The van der Waals surface area contributed by atoms with Crippen molar-refractivity contribution in [3.63, 3.8) is 0 Å². The van der Waals surface area contributed by atoms with Crippen LogP contribution < -0.4 is 10.6 Å². The number of likely N-dealkylation sites (tertiary alicyclic amines) is 1. The summed E-state index contributed by atoms with van der Waals surface area (Å²) >= 11 is 1.04. The van der Waals surface area contributed by atoms with Crippen LogP contribution in [0.3, 0.4) is 0 Å². The Morgan fingerprint density at radius 1 is 1.26 bits per heavy atom. The number of aryl methyl sites for hydroxylation is 1. The van der Waals surface area contributed by atoms with E-state index in [2.05, 4.69) is 27.5 Å². The van der Waals surface area contributed by atoms with Gasteiger partial charge in [0.1, 0.15) is 5.82 Å². The molecule has 0 radical (unpaired) electrons. The third kappa shape index (κ3) is 8.42. The Morgan fingerprint density at radius 2 is 1.95 bits per heavy atom. The second kappa shape index (κ2) is 13.4. The van der Waals surface area contributed by atoms with Crippen LogP contribution in [0.1, 0.15) is 93.2 Å². The number of rotatable bonds is 8. The molecule has 11 heteroatoms. The van der Waals surface area contributed by atoms with Gasteiger partial charge in [-0.25, -0.2) is 18.7 Å². The number of hydrogen-bond acceptors (Lipinski definition) is 7. The molecule has 3 N–H and O–H groups in total. The first-order chi connectivity index (χ1) is 18.0. The third-order valence-corrected chi connectivity index (χ3v) is 7.97. The quantitative estimate of drug-likeness (QED) is 0.383. The van der Waals surface area contributed by atoms with Crippen molar-refractivity contribution in [2.75, 3.05) is 18.4 Å². The first-order valence-corrected chi connectivity index (χ1v) is 14.0. The molecule has 0 spiro atoms. The molecule has 3 heterocycles. The number of carbonyl (C=O) groups is 2. The first kappa shape index (κ1) is 29.9. The van der Waals surface area contributed by atoms with Crippen LogP contribution in [0.2, 0.25) is 0 Å². The van der Waals surface area contributed by atoms with Gasteiger partial charge in [-0.1, -0.05) is 12.8 Å². The standard InChI is InChI=1S/C20H26F2N4O2S.C7H13NO/c1-11-16(29-19(25-11)18(27)24-10-20(2,3)28)14-9-23-15(8-13(14)17(21)22)26-12-6-4-5-7-12;1-7-4-2-3-5-8(7)6-9/h8-9,12,17,28H,4-7,10H2,1-3H3,(H,23,26)(H,24,27);6-7H,2-5H2,1H3. The number of thiazole rings is 1. The van der Waals surface area contributed by atoms with Crippen LogP contribution in [0.4, 0.5) is 14.6 Å². The molecular weight excluding hydrogens is 512 g/mol. The molecule has 1 unspecified atom stereocenters. The van der Waals surface area contributed by atoms with E-state index < -0.39 is 17.9 Å². The Hall–Kier alpha value is -2.66. The summed E-state index contributed by atoms with van der Waals surface area (Å²) in [5, 5.41) is 15.8. The summed E-state index contributed by atoms with van der Waals surface area (Å²) in [7, 11) is 0. The second-order valence-electron chi connectivity index (χ2n) is 10.7. The first-order valence-electron chi connectivity index (χ1n) is 13.2. The highest BCUT2D eigenvalue weighted by Gasteiger charge is 2.24. The Morgan fingerprint density at radius 3 is 2.53 bits per heavy atom. The fourth-order valence-corrected chi connectivity index (χ4v) is 5.61. The Kier molecular flexibility index (Phi) is 10.6. The van der Waals surface area contributed by atoms with Crippen LogP contribution in [-0.4, -0.2) is 63.1 Å². The van der Waals surface area contributed by atoms with Crippen LogP contribution in [0, 0.1) is 6.92 Å². The molecule has 1 atom stereocenters. The zero-order valence-corrected chi connectivity index (χ0v) is 23.4. The lowest BCUT2D eigenvalue weighted by molar-refractivity contribution is -0.120. The highest BCUT2D eigenvalue weighted by Crippen LogP contribution is 2.37. The zero-order valence-electron chi connectivity index (χ0n) is 22.6. The lowest BCUT2D eigenvalue weighted by atomic mass is 10.1. The van der Waals surface area contributed by atoms with Gasteiger partial charge in [0.25, 0.3) is 12.3 Å². The molecule has 0 bridgehead atoms. The number of pyridine rings is 1. The molecule has 0 aromatic carbocycles. The number of hydrogen-bond donors (Lipinski definition) is 3. The van der Waals surface area contributed by atoms with Crippen molar-refractivity contribution in [1.82, 2.24) is 20.2 Å². The number of halogens is 2. The second-order valence-corrected chi connectivity index (χ2v) is 11.7. The maximum Gasteiger partial charge on any atom is 0.280 e. The fourth-order valence-electron chi connectivity index (χ4n) is 4.59. The van der Waals surface area contributed by atoms with Gasteiger partial charge in [-0.15, -0.1) is 11.3 Å². The van der Waals surface area contributed by atoms with Gasteiger partial charge in [0.15, 0.2) is 5.01 Å². The molecular formula is C27H39F2N5O3S. The average Bonchev–Trinajstić information content (AvgIpc) is 3.52. The van der Waals surface area contributed by atoms with E-state index in [0.717, 1.165) is 50.0 Å². The molecule has 2 fully saturated rings. The summed E-state index contributed by atoms with van der Waals surface area (Å²) in [4.78, 5) is 33.5. The number of carbonyl (C=O) groups excluding carboxylic acids is 2. The molecule has 1 aliphatic carbocycles. The number of alkyl halides is 2. The number of nitrogens with zero attached hydrogens (tertiary/aromatic N) is 3. The van der Waals surface area contributed by atoms with Gasteiger partial charge < -0.3 is 20.6 Å². The van der Waals surface area contributed by atoms with Crippen molar-refractivity contribution in [1.29, 1.82) is 0 Å². The molecule has 2 aliphatic rings. The minimum absolute atomic E-state index is 0.0607. The van der Waals surface area contributed by atoms with Gasteiger partial charge in [-0.3, -0.25) is 9.59 Å². The molecule has 2 aromatic rings. The average molecular weight is 552 g/mol. The van der Waals surface area contributed by atoms with Crippen LogP contribution in [0.25, 0.3) is 10.4 Å². The van der Waals surface area contributed by atoms with Crippen molar-refractivity contribution < 1.29 is 23.5 Å². The molecule has 210 valence electrons. The normalized spacial score (nSPS) is 18.2. The number of amides is 2. The van der Waals surface area contributed by atoms with Crippen molar-refractivity contribution in [2.24, 2.45) is 0 Å². The molecule has 1 saturated carbocycles. The topological polar surface area (TPSA) is 107 Å². The Labute approximate surface area is 227 Å². The maximum absolute atomic E-state index is 13.8. The third-order valence-electron chi connectivity index (χ3n) is 6.79.